The van der Waals surface area contributed by atoms with E-state index in [4.69, 9.17) is 0 Å². The van der Waals surface area contributed by atoms with Gasteiger partial charge in [0.15, 0.2) is 0 Å². The SMILES string of the molecule is Cc1cccc(CN(C(=O)c2ccccc2-n2cccc2)C2Cc3ccccc3C2)c1. The van der Waals surface area contributed by atoms with Gasteiger partial charge >= 0.3 is 0 Å². The first-order chi connectivity index (χ1) is 15.2. The van der Waals surface area contributed by atoms with Crippen LogP contribution in [0.3, 0.4) is 0 Å². The van der Waals surface area contributed by atoms with Crippen molar-refractivity contribution in [1.29, 1.82) is 0 Å². The quantitative estimate of drug-likeness (QED) is 0.424. The largest absolute Gasteiger partial charge is 0.331 e. The second kappa shape index (κ2) is 8.27. The van der Waals surface area contributed by atoms with E-state index in [1.165, 1.54) is 22.3 Å². The molecule has 1 aromatic heterocycles. The van der Waals surface area contributed by atoms with Crippen molar-refractivity contribution >= 4 is 5.91 Å². The van der Waals surface area contributed by atoms with E-state index >= 15 is 0 Å². The summed E-state index contributed by atoms with van der Waals surface area (Å²) in [7, 11) is 0. The lowest BCUT2D eigenvalue weighted by Crippen LogP contribution is -2.40. The zero-order valence-corrected chi connectivity index (χ0v) is 17.7. The molecule has 0 saturated heterocycles. The summed E-state index contributed by atoms with van der Waals surface area (Å²) in [5.41, 5.74) is 6.75. The molecule has 1 heterocycles. The molecule has 1 aliphatic rings. The molecule has 0 spiro atoms. The summed E-state index contributed by atoms with van der Waals surface area (Å²) in [6.45, 7) is 2.71. The maximum Gasteiger partial charge on any atom is 0.256 e. The van der Waals surface area contributed by atoms with Gasteiger partial charge in [-0.2, -0.15) is 0 Å². The van der Waals surface area contributed by atoms with Gasteiger partial charge in [0.25, 0.3) is 5.91 Å². The van der Waals surface area contributed by atoms with Gasteiger partial charge in [-0.1, -0.05) is 66.2 Å². The van der Waals surface area contributed by atoms with E-state index in [0.717, 1.165) is 24.1 Å². The van der Waals surface area contributed by atoms with Crippen LogP contribution < -0.4 is 0 Å². The number of para-hydroxylation sites is 1. The van der Waals surface area contributed by atoms with E-state index in [1.54, 1.807) is 0 Å². The number of hydrogen-bond donors (Lipinski definition) is 0. The topological polar surface area (TPSA) is 25.2 Å². The summed E-state index contributed by atoms with van der Waals surface area (Å²) < 4.78 is 2.02. The van der Waals surface area contributed by atoms with E-state index < -0.39 is 0 Å². The fourth-order valence-electron chi connectivity index (χ4n) is 4.66. The number of aryl methyl sites for hydroxylation is 1. The first kappa shape index (κ1) is 19.4. The Labute approximate surface area is 183 Å². The lowest BCUT2D eigenvalue weighted by Gasteiger charge is -2.30. The van der Waals surface area contributed by atoms with Gasteiger partial charge in [-0.15, -0.1) is 0 Å². The molecule has 154 valence electrons. The summed E-state index contributed by atoms with van der Waals surface area (Å²) in [6, 6.07) is 29.1. The molecule has 0 aliphatic heterocycles. The van der Waals surface area contributed by atoms with E-state index in [0.29, 0.717) is 6.54 Å². The predicted octanol–water partition coefficient (Wildman–Crippen LogP) is 5.60. The summed E-state index contributed by atoms with van der Waals surface area (Å²) in [5, 5.41) is 0. The number of fused-ring (bicyclic) bond motifs is 1. The molecule has 4 aromatic rings. The first-order valence-corrected chi connectivity index (χ1v) is 10.8. The molecule has 1 amide bonds. The number of benzene rings is 3. The van der Waals surface area contributed by atoms with Crippen molar-refractivity contribution in [2.24, 2.45) is 0 Å². The van der Waals surface area contributed by atoms with Gasteiger partial charge in [0, 0.05) is 25.0 Å². The fourth-order valence-corrected chi connectivity index (χ4v) is 4.66. The Morgan fingerprint density at radius 3 is 2.26 bits per heavy atom. The van der Waals surface area contributed by atoms with Gasteiger partial charge in [-0.3, -0.25) is 4.79 Å². The maximum atomic E-state index is 14.0. The number of rotatable bonds is 5. The molecule has 3 heteroatoms. The Kier molecular flexibility index (Phi) is 5.17. The van der Waals surface area contributed by atoms with Gasteiger partial charge in [0.1, 0.15) is 0 Å². The standard InChI is InChI=1S/C28H26N2O/c1-21-9-8-10-22(17-21)20-30(25-18-23-11-2-3-12-24(23)19-25)28(31)26-13-4-5-14-27(26)29-15-6-7-16-29/h2-17,25H,18-20H2,1H3. The van der Waals surface area contributed by atoms with Crippen LogP contribution in [0, 0.1) is 6.92 Å². The van der Waals surface area contributed by atoms with Gasteiger partial charge in [-0.25, -0.2) is 0 Å². The number of amides is 1. The number of hydrogen-bond acceptors (Lipinski definition) is 1. The third-order valence-electron chi connectivity index (χ3n) is 6.18. The van der Waals surface area contributed by atoms with Crippen molar-refractivity contribution in [2.45, 2.75) is 32.4 Å². The monoisotopic (exact) mass is 406 g/mol. The minimum atomic E-state index is 0.0867. The molecule has 0 radical (unpaired) electrons. The summed E-state index contributed by atoms with van der Waals surface area (Å²) in [4.78, 5) is 16.1. The Balaban J connectivity index is 1.53. The van der Waals surface area contributed by atoms with Crippen molar-refractivity contribution in [3.8, 4) is 5.69 Å². The minimum Gasteiger partial charge on any atom is -0.331 e. The number of carbonyl (C=O) groups excluding carboxylic acids is 1. The van der Waals surface area contributed by atoms with Gasteiger partial charge < -0.3 is 9.47 Å². The summed E-state index contributed by atoms with van der Waals surface area (Å²) in [6.07, 6.45) is 5.78. The molecule has 0 saturated carbocycles. The Hall–Kier alpha value is -3.59. The highest BCUT2D eigenvalue weighted by molar-refractivity contribution is 5.98. The van der Waals surface area contributed by atoms with E-state index in [2.05, 4.69) is 60.4 Å². The molecule has 3 nitrogen and oxygen atoms in total. The molecular weight excluding hydrogens is 380 g/mol. The van der Waals surface area contributed by atoms with Crippen LogP contribution in [0.2, 0.25) is 0 Å². The van der Waals surface area contributed by atoms with Crippen LogP contribution in [0.4, 0.5) is 0 Å². The normalized spacial score (nSPS) is 13.2. The van der Waals surface area contributed by atoms with Gasteiger partial charge in [0.2, 0.25) is 0 Å². The number of carbonyl (C=O) groups is 1. The van der Waals surface area contributed by atoms with Crippen molar-refractivity contribution in [3.63, 3.8) is 0 Å². The molecule has 0 fully saturated rings. The minimum absolute atomic E-state index is 0.0867. The number of nitrogens with zero attached hydrogens (tertiary/aromatic N) is 2. The van der Waals surface area contributed by atoms with Crippen molar-refractivity contribution in [1.82, 2.24) is 9.47 Å². The van der Waals surface area contributed by atoms with Crippen LogP contribution in [-0.4, -0.2) is 21.4 Å². The lowest BCUT2D eigenvalue weighted by atomic mass is 10.1. The average molecular weight is 407 g/mol. The van der Waals surface area contributed by atoms with Crippen LogP contribution in [-0.2, 0) is 19.4 Å². The van der Waals surface area contributed by atoms with E-state index in [1.807, 2.05) is 53.4 Å². The summed E-state index contributed by atoms with van der Waals surface area (Å²) >= 11 is 0. The third-order valence-corrected chi connectivity index (χ3v) is 6.18. The van der Waals surface area contributed by atoms with Crippen LogP contribution in [0.25, 0.3) is 5.69 Å². The molecule has 1 aliphatic carbocycles. The van der Waals surface area contributed by atoms with Crippen LogP contribution >= 0.6 is 0 Å². The van der Waals surface area contributed by atoms with Crippen LogP contribution in [0.5, 0.6) is 0 Å². The molecular formula is C28H26N2O. The summed E-state index contributed by atoms with van der Waals surface area (Å²) in [5.74, 6) is 0.0867. The maximum absolute atomic E-state index is 14.0. The van der Waals surface area contributed by atoms with Crippen LogP contribution in [0.15, 0.2) is 97.3 Å². The average Bonchev–Trinajstić information content (AvgIpc) is 3.47. The van der Waals surface area contributed by atoms with Crippen molar-refractivity contribution in [3.05, 3.63) is 125 Å². The molecule has 0 unspecified atom stereocenters. The Morgan fingerprint density at radius 2 is 1.55 bits per heavy atom. The fraction of sp³-hybridized carbons (Fsp3) is 0.179. The highest BCUT2D eigenvalue weighted by atomic mass is 16.2. The van der Waals surface area contributed by atoms with Gasteiger partial charge in [0.05, 0.1) is 11.3 Å². The molecule has 0 bridgehead atoms. The smallest absolute Gasteiger partial charge is 0.256 e. The van der Waals surface area contributed by atoms with Crippen molar-refractivity contribution < 1.29 is 4.79 Å². The van der Waals surface area contributed by atoms with Crippen molar-refractivity contribution in [2.75, 3.05) is 0 Å². The zero-order valence-electron chi connectivity index (χ0n) is 17.7. The molecule has 5 rings (SSSR count). The zero-order chi connectivity index (χ0) is 21.2. The second-order valence-electron chi connectivity index (χ2n) is 8.36. The molecule has 3 aromatic carbocycles. The molecule has 0 atom stereocenters. The molecule has 31 heavy (non-hydrogen) atoms. The van der Waals surface area contributed by atoms with Crippen LogP contribution in [0.1, 0.15) is 32.6 Å². The first-order valence-electron chi connectivity index (χ1n) is 10.8. The van der Waals surface area contributed by atoms with E-state index in [9.17, 15) is 4.79 Å². The third kappa shape index (κ3) is 3.91. The Morgan fingerprint density at radius 1 is 0.871 bits per heavy atom. The predicted molar refractivity (Wildman–Crippen MR) is 124 cm³/mol. The van der Waals surface area contributed by atoms with Gasteiger partial charge in [-0.05, 0) is 60.7 Å². The second-order valence-corrected chi connectivity index (χ2v) is 8.36. The Bertz CT molecular complexity index is 1180. The highest BCUT2D eigenvalue weighted by Gasteiger charge is 2.31. The highest BCUT2D eigenvalue weighted by Crippen LogP contribution is 2.29. The van der Waals surface area contributed by atoms with E-state index in [-0.39, 0.29) is 11.9 Å². The number of aromatic nitrogens is 1. The molecule has 0 N–H and O–H groups in total. The lowest BCUT2D eigenvalue weighted by molar-refractivity contribution is 0.0668.